The molecule has 0 saturated carbocycles. The smallest absolute Gasteiger partial charge is 0.408 e. The number of alkyl carbamates (subject to hydrolysis) is 1. The van der Waals surface area contributed by atoms with E-state index in [2.05, 4.69) is 17.2 Å². The number of hydrogen-bond donors (Lipinski definition) is 2. The number of nitrogens with one attached hydrogen (secondary N) is 2. The Bertz CT molecular complexity index is 411. The number of unbranched alkanes of at least 4 members (excludes halogenated alkanes) is 2. The van der Waals surface area contributed by atoms with Crippen LogP contribution in [0.3, 0.4) is 0 Å². The van der Waals surface area contributed by atoms with Crippen molar-refractivity contribution >= 4 is 12.0 Å². The van der Waals surface area contributed by atoms with Crippen LogP contribution < -0.4 is 10.6 Å². The summed E-state index contributed by atoms with van der Waals surface area (Å²) in [6.45, 7) is 12.9. The van der Waals surface area contributed by atoms with Gasteiger partial charge in [0.2, 0.25) is 5.91 Å². The summed E-state index contributed by atoms with van der Waals surface area (Å²) in [6.07, 6.45) is 8.44. The molecule has 2 atom stereocenters. The van der Waals surface area contributed by atoms with Crippen LogP contribution in [0.4, 0.5) is 4.79 Å². The molecule has 5 heteroatoms. The zero-order chi connectivity index (χ0) is 17.9. The van der Waals surface area contributed by atoms with E-state index in [9.17, 15) is 9.59 Å². The third kappa shape index (κ3) is 10.6. The maximum Gasteiger partial charge on any atom is 0.408 e. The number of carbonyl (C=O) groups excluding carboxylic acids is 2. The highest BCUT2D eigenvalue weighted by Crippen LogP contribution is 2.11. The van der Waals surface area contributed by atoms with E-state index in [1.54, 1.807) is 27.0 Å². The average Bonchev–Trinajstić information content (AvgIpc) is 2.45. The Hall–Kier alpha value is -1.78. The Kier molecular flexibility index (Phi) is 10.0. The van der Waals surface area contributed by atoms with E-state index in [1.807, 2.05) is 26.0 Å². The lowest BCUT2D eigenvalue weighted by molar-refractivity contribution is -0.123. The van der Waals surface area contributed by atoms with Gasteiger partial charge < -0.3 is 15.4 Å². The second-order valence-corrected chi connectivity index (χ2v) is 6.64. The summed E-state index contributed by atoms with van der Waals surface area (Å²) in [5.74, 6) is -0.220. The number of amides is 2. The summed E-state index contributed by atoms with van der Waals surface area (Å²) < 4.78 is 5.23. The predicted molar refractivity (Wildman–Crippen MR) is 93.9 cm³/mol. The van der Waals surface area contributed by atoms with Gasteiger partial charge in [-0.15, -0.1) is 6.58 Å². The Labute approximate surface area is 140 Å². The van der Waals surface area contributed by atoms with E-state index in [0.29, 0.717) is 0 Å². The largest absolute Gasteiger partial charge is 0.444 e. The molecule has 0 bridgehead atoms. The minimum atomic E-state index is -0.618. The molecular weight excluding hydrogens is 292 g/mol. The first kappa shape index (κ1) is 21.2. The molecule has 0 fully saturated rings. The molecule has 0 aromatic heterocycles. The first-order valence-electron chi connectivity index (χ1n) is 8.27. The van der Waals surface area contributed by atoms with Gasteiger partial charge in [0.1, 0.15) is 11.6 Å². The van der Waals surface area contributed by atoms with Gasteiger partial charge in [-0.25, -0.2) is 4.79 Å². The number of ether oxygens (including phenoxy) is 1. The Balaban J connectivity index is 4.56. The highest BCUT2D eigenvalue weighted by Gasteiger charge is 2.27. The molecule has 0 aromatic rings. The normalized spacial score (nSPS) is 14.1. The van der Waals surface area contributed by atoms with Crippen molar-refractivity contribution in [2.75, 3.05) is 0 Å². The van der Waals surface area contributed by atoms with Gasteiger partial charge in [-0.2, -0.15) is 0 Å². The average molecular weight is 324 g/mol. The molecule has 0 aromatic carbocycles. The summed E-state index contributed by atoms with van der Waals surface area (Å²) in [5, 5.41) is 5.39. The van der Waals surface area contributed by atoms with Gasteiger partial charge in [-0.05, 0) is 52.2 Å². The number of allylic oxidation sites excluding steroid dienone is 2. The SMILES string of the molecule is C=CCCC/C=C/NC(=O)[C@@H](NC(=O)OC(C)(C)C)[C@@H](C)CC. The Morgan fingerprint density at radius 3 is 2.43 bits per heavy atom. The van der Waals surface area contributed by atoms with E-state index in [4.69, 9.17) is 4.74 Å². The van der Waals surface area contributed by atoms with Crippen LogP contribution in [0.1, 0.15) is 60.3 Å². The molecule has 0 heterocycles. The van der Waals surface area contributed by atoms with Gasteiger partial charge in [0.25, 0.3) is 0 Å². The van der Waals surface area contributed by atoms with E-state index >= 15 is 0 Å². The predicted octanol–water partition coefficient (Wildman–Crippen LogP) is 3.91. The molecule has 0 unspecified atom stereocenters. The van der Waals surface area contributed by atoms with Gasteiger partial charge >= 0.3 is 6.09 Å². The van der Waals surface area contributed by atoms with Crippen LogP contribution in [0.15, 0.2) is 24.9 Å². The van der Waals surface area contributed by atoms with E-state index < -0.39 is 17.7 Å². The fourth-order valence-electron chi connectivity index (χ4n) is 1.83. The number of hydrogen-bond acceptors (Lipinski definition) is 3. The molecule has 0 aliphatic rings. The van der Waals surface area contributed by atoms with Crippen molar-refractivity contribution in [2.45, 2.75) is 71.9 Å². The van der Waals surface area contributed by atoms with Gasteiger partial charge in [-0.3, -0.25) is 4.79 Å². The van der Waals surface area contributed by atoms with Gasteiger partial charge in [-0.1, -0.05) is 32.4 Å². The van der Waals surface area contributed by atoms with Crippen LogP contribution in [0.25, 0.3) is 0 Å². The second-order valence-electron chi connectivity index (χ2n) is 6.64. The maximum absolute atomic E-state index is 12.3. The summed E-state index contributed by atoms with van der Waals surface area (Å²) in [6, 6.07) is -0.618. The third-order valence-corrected chi connectivity index (χ3v) is 3.29. The standard InChI is InChI=1S/C18H32N2O3/c1-7-9-10-11-12-13-19-16(21)15(14(3)8-2)20-17(22)23-18(4,5)6/h7,12-15H,1,8-11H2,2-6H3,(H,19,21)(H,20,22)/b13-12+/t14-,15-/m0/s1. The molecule has 0 aliphatic carbocycles. The van der Waals surface area contributed by atoms with Crippen LogP contribution in [-0.4, -0.2) is 23.6 Å². The lowest BCUT2D eigenvalue weighted by atomic mass is 9.98. The van der Waals surface area contributed by atoms with Gasteiger partial charge in [0.05, 0.1) is 0 Å². The summed E-state index contributed by atoms with van der Waals surface area (Å²) in [4.78, 5) is 24.2. The minimum Gasteiger partial charge on any atom is -0.444 e. The fourth-order valence-corrected chi connectivity index (χ4v) is 1.83. The highest BCUT2D eigenvalue weighted by molar-refractivity contribution is 5.86. The monoisotopic (exact) mass is 324 g/mol. The number of carbonyl (C=O) groups is 2. The van der Waals surface area contributed by atoms with Crippen LogP contribution in [-0.2, 0) is 9.53 Å². The van der Waals surface area contributed by atoms with Crippen molar-refractivity contribution in [1.29, 1.82) is 0 Å². The van der Waals surface area contributed by atoms with Crippen molar-refractivity contribution in [2.24, 2.45) is 5.92 Å². The second kappa shape index (κ2) is 10.9. The molecule has 132 valence electrons. The fraction of sp³-hybridized carbons (Fsp3) is 0.667. The van der Waals surface area contributed by atoms with E-state index in [-0.39, 0.29) is 11.8 Å². The molecule has 0 radical (unpaired) electrons. The van der Waals surface area contributed by atoms with Crippen LogP contribution in [0.5, 0.6) is 0 Å². The molecule has 0 aliphatic heterocycles. The highest BCUT2D eigenvalue weighted by atomic mass is 16.6. The lowest BCUT2D eigenvalue weighted by Crippen LogP contribution is -2.50. The lowest BCUT2D eigenvalue weighted by Gasteiger charge is -2.25. The minimum absolute atomic E-state index is 0.0108. The molecule has 23 heavy (non-hydrogen) atoms. The van der Waals surface area contributed by atoms with Crippen LogP contribution in [0, 0.1) is 5.92 Å². The van der Waals surface area contributed by atoms with Crippen molar-refractivity contribution < 1.29 is 14.3 Å². The maximum atomic E-state index is 12.3. The summed E-state index contributed by atoms with van der Waals surface area (Å²) in [5.41, 5.74) is -0.592. The van der Waals surface area contributed by atoms with Crippen molar-refractivity contribution in [1.82, 2.24) is 10.6 Å². The molecule has 0 rings (SSSR count). The quantitative estimate of drug-likeness (QED) is 0.499. The molecular formula is C18H32N2O3. The zero-order valence-electron chi connectivity index (χ0n) is 15.1. The summed E-state index contributed by atoms with van der Waals surface area (Å²) in [7, 11) is 0. The Morgan fingerprint density at radius 1 is 1.26 bits per heavy atom. The van der Waals surface area contributed by atoms with Crippen molar-refractivity contribution in [3.63, 3.8) is 0 Å². The molecule has 5 nitrogen and oxygen atoms in total. The third-order valence-electron chi connectivity index (χ3n) is 3.29. The van der Waals surface area contributed by atoms with Crippen LogP contribution >= 0.6 is 0 Å². The topological polar surface area (TPSA) is 67.4 Å². The molecule has 2 amide bonds. The molecule has 0 spiro atoms. The molecule has 2 N–H and O–H groups in total. The van der Waals surface area contributed by atoms with Crippen molar-refractivity contribution in [3.05, 3.63) is 24.9 Å². The first-order chi connectivity index (χ1) is 10.7. The van der Waals surface area contributed by atoms with Gasteiger partial charge in [0.15, 0.2) is 0 Å². The summed E-state index contributed by atoms with van der Waals surface area (Å²) >= 11 is 0. The van der Waals surface area contributed by atoms with Crippen LogP contribution in [0.2, 0.25) is 0 Å². The van der Waals surface area contributed by atoms with E-state index in [1.165, 1.54) is 0 Å². The number of rotatable bonds is 9. The zero-order valence-corrected chi connectivity index (χ0v) is 15.1. The molecule has 0 saturated heterocycles. The Morgan fingerprint density at radius 2 is 1.91 bits per heavy atom. The van der Waals surface area contributed by atoms with Crippen molar-refractivity contribution in [3.8, 4) is 0 Å². The first-order valence-corrected chi connectivity index (χ1v) is 8.27. The van der Waals surface area contributed by atoms with E-state index in [0.717, 1.165) is 25.7 Å². The van der Waals surface area contributed by atoms with Gasteiger partial charge in [0, 0.05) is 0 Å².